The number of hydrogen-bond donors (Lipinski definition) is 4. The average Bonchev–Trinajstić information content (AvgIpc) is 2.63. The highest BCUT2D eigenvalue weighted by atomic mass is 32.2. The fourth-order valence-electron chi connectivity index (χ4n) is 2.39. The summed E-state index contributed by atoms with van der Waals surface area (Å²) < 4.78 is 0. The molecule has 0 aromatic heterocycles. The molecule has 30 heavy (non-hydrogen) atoms. The number of carboxylic acid groups (broad SMARTS) is 2. The zero-order valence-corrected chi connectivity index (χ0v) is 19.3. The smallest absolute Gasteiger partial charge is 0.327 e. The summed E-state index contributed by atoms with van der Waals surface area (Å²) in [7, 11) is 0. The van der Waals surface area contributed by atoms with Crippen molar-refractivity contribution in [2.45, 2.75) is 65.8 Å². The monoisotopic (exact) mass is 440 g/mol. The molecule has 0 rings (SSSR count). The number of aliphatic carboxylic acids is 2. The van der Waals surface area contributed by atoms with Gasteiger partial charge in [0.15, 0.2) is 0 Å². The molecule has 170 valence electrons. The summed E-state index contributed by atoms with van der Waals surface area (Å²) in [5, 5.41) is 22.5. The summed E-state index contributed by atoms with van der Waals surface area (Å²) in [5.74, 6) is -1.25. The fourth-order valence-corrected chi connectivity index (χ4v) is 3.39. The number of allylic oxidation sites excluding steroid dienone is 5. The molecule has 1 unspecified atom stereocenters. The number of amides is 2. The van der Waals surface area contributed by atoms with E-state index in [1.807, 2.05) is 0 Å². The Kier molecular flexibility index (Phi) is 15.3. The second-order valence-electron chi connectivity index (χ2n) is 7.43. The first kappa shape index (κ1) is 27.8. The maximum Gasteiger partial charge on any atom is 0.327 e. The van der Waals surface area contributed by atoms with E-state index < -0.39 is 24.0 Å². The van der Waals surface area contributed by atoms with Gasteiger partial charge >= 0.3 is 18.0 Å². The van der Waals surface area contributed by atoms with Gasteiger partial charge in [0, 0.05) is 18.1 Å². The highest BCUT2D eigenvalue weighted by molar-refractivity contribution is 7.99. The molecule has 0 radical (unpaired) electrons. The van der Waals surface area contributed by atoms with Gasteiger partial charge in [-0.25, -0.2) is 9.59 Å². The number of carbonyl (C=O) groups is 3. The Hall–Kier alpha value is -2.22. The van der Waals surface area contributed by atoms with E-state index in [-0.39, 0.29) is 18.7 Å². The van der Waals surface area contributed by atoms with Gasteiger partial charge in [-0.1, -0.05) is 34.9 Å². The molecule has 0 aromatic carbocycles. The third kappa shape index (κ3) is 16.7. The minimum Gasteiger partial charge on any atom is -0.481 e. The standard InChI is InChI=1S/C22H36N2O5S/c1-16(2)7-5-8-17(3)9-6-10-18(4)12-14-30-15-19(21(27)28)24-22(29)23-13-11-20(25)26/h7,9,12,19H,5-6,8,10-11,13-15H2,1-4H3,(H,25,26)(H,27,28)(H2,23,24,29). The number of hydrogen-bond acceptors (Lipinski definition) is 4. The molecule has 0 spiro atoms. The third-order valence-corrected chi connectivity index (χ3v) is 5.16. The summed E-state index contributed by atoms with van der Waals surface area (Å²) in [6, 6.07) is -1.71. The van der Waals surface area contributed by atoms with Crippen LogP contribution in [0.15, 0.2) is 34.9 Å². The van der Waals surface area contributed by atoms with Crippen molar-refractivity contribution in [2.75, 3.05) is 18.1 Å². The molecule has 0 heterocycles. The molecule has 8 heteroatoms. The zero-order chi connectivity index (χ0) is 22.9. The number of carboxylic acids is 2. The molecule has 1 atom stereocenters. The molecule has 0 saturated carbocycles. The van der Waals surface area contributed by atoms with Gasteiger partial charge in [-0.15, -0.1) is 0 Å². The molecule has 0 bridgehead atoms. The van der Waals surface area contributed by atoms with E-state index in [1.54, 1.807) is 0 Å². The Labute approximate surface area is 184 Å². The van der Waals surface area contributed by atoms with Crippen molar-refractivity contribution in [3.05, 3.63) is 34.9 Å². The summed E-state index contributed by atoms with van der Waals surface area (Å²) in [5.41, 5.74) is 3.99. The molecule has 0 aliphatic heterocycles. The maximum absolute atomic E-state index is 11.6. The molecule has 0 fully saturated rings. The van der Waals surface area contributed by atoms with Gasteiger partial charge < -0.3 is 20.8 Å². The molecule has 2 amide bonds. The van der Waals surface area contributed by atoms with Crippen molar-refractivity contribution in [1.82, 2.24) is 10.6 Å². The van der Waals surface area contributed by atoms with E-state index in [0.717, 1.165) is 25.7 Å². The lowest BCUT2D eigenvalue weighted by Crippen LogP contribution is -2.47. The summed E-state index contributed by atoms with van der Waals surface area (Å²) >= 11 is 1.43. The minimum absolute atomic E-state index is 0.0502. The van der Waals surface area contributed by atoms with Crippen molar-refractivity contribution in [3.8, 4) is 0 Å². The number of nitrogens with one attached hydrogen (secondary N) is 2. The van der Waals surface area contributed by atoms with Gasteiger partial charge in [-0.2, -0.15) is 11.8 Å². The Balaban J connectivity index is 4.19. The van der Waals surface area contributed by atoms with Crippen LogP contribution in [0.25, 0.3) is 0 Å². The van der Waals surface area contributed by atoms with Crippen molar-refractivity contribution in [1.29, 1.82) is 0 Å². The predicted octanol–water partition coefficient (Wildman–Crippen LogP) is 4.37. The van der Waals surface area contributed by atoms with Crippen molar-refractivity contribution >= 4 is 29.7 Å². The molecule has 0 aliphatic rings. The number of carbonyl (C=O) groups excluding carboxylic acids is 1. The number of thioether (sulfide) groups is 1. The highest BCUT2D eigenvalue weighted by Gasteiger charge is 2.19. The maximum atomic E-state index is 11.6. The average molecular weight is 441 g/mol. The third-order valence-electron chi connectivity index (χ3n) is 4.18. The van der Waals surface area contributed by atoms with Gasteiger partial charge in [0.2, 0.25) is 0 Å². The van der Waals surface area contributed by atoms with E-state index in [9.17, 15) is 19.5 Å². The van der Waals surface area contributed by atoms with E-state index in [2.05, 4.69) is 56.6 Å². The van der Waals surface area contributed by atoms with E-state index in [1.165, 1.54) is 28.5 Å². The van der Waals surface area contributed by atoms with Crippen LogP contribution in [0.2, 0.25) is 0 Å². The van der Waals surface area contributed by atoms with E-state index in [0.29, 0.717) is 5.75 Å². The second kappa shape index (κ2) is 16.6. The predicted molar refractivity (Wildman–Crippen MR) is 123 cm³/mol. The Morgan fingerprint density at radius 1 is 0.900 bits per heavy atom. The van der Waals surface area contributed by atoms with Crippen LogP contribution in [-0.4, -0.2) is 52.3 Å². The minimum atomic E-state index is -1.12. The lowest BCUT2D eigenvalue weighted by atomic mass is 10.1. The Bertz CT molecular complexity index is 652. The van der Waals surface area contributed by atoms with Crippen molar-refractivity contribution < 1.29 is 24.6 Å². The summed E-state index contributed by atoms with van der Waals surface area (Å²) in [6.07, 6.45) is 10.5. The van der Waals surface area contributed by atoms with Gasteiger partial charge in [-0.05, 0) is 53.4 Å². The molecule has 0 saturated heterocycles. The molecular formula is C22H36N2O5S. The summed E-state index contributed by atoms with van der Waals surface area (Å²) in [6.45, 7) is 8.39. The first-order valence-corrected chi connectivity index (χ1v) is 11.3. The van der Waals surface area contributed by atoms with Crippen LogP contribution in [0, 0.1) is 0 Å². The van der Waals surface area contributed by atoms with Crippen LogP contribution in [0.5, 0.6) is 0 Å². The fraction of sp³-hybridized carbons (Fsp3) is 0.591. The normalized spacial score (nSPS) is 12.8. The van der Waals surface area contributed by atoms with Crippen molar-refractivity contribution in [2.24, 2.45) is 0 Å². The van der Waals surface area contributed by atoms with Gasteiger partial charge in [0.1, 0.15) is 6.04 Å². The lowest BCUT2D eigenvalue weighted by Gasteiger charge is -2.14. The Morgan fingerprint density at radius 2 is 1.50 bits per heavy atom. The quantitative estimate of drug-likeness (QED) is 0.222. The first-order chi connectivity index (χ1) is 14.1. The van der Waals surface area contributed by atoms with Gasteiger partial charge in [0.25, 0.3) is 0 Å². The molecular weight excluding hydrogens is 404 g/mol. The first-order valence-electron chi connectivity index (χ1n) is 10.1. The van der Waals surface area contributed by atoms with E-state index in [4.69, 9.17) is 5.11 Å². The van der Waals surface area contributed by atoms with Gasteiger partial charge in [-0.3, -0.25) is 4.79 Å². The molecule has 4 N–H and O–H groups in total. The van der Waals surface area contributed by atoms with Crippen LogP contribution in [0.3, 0.4) is 0 Å². The van der Waals surface area contributed by atoms with Crippen LogP contribution in [0.4, 0.5) is 4.79 Å². The molecule has 0 aliphatic carbocycles. The van der Waals surface area contributed by atoms with Crippen molar-refractivity contribution in [3.63, 3.8) is 0 Å². The lowest BCUT2D eigenvalue weighted by molar-refractivity contribution is -0.139. The van der Waals surface area contributed by atoms with Crippen LogP contribution < -0.4 is 10.6 Å². The van der Waals surface area contributed by atoms with Crippen LogP contribution in [-0.2, 0) is 9.59 Å². The number of urea groups is 1. The van der Waals surface area contributed by atoms with Gasteiger partial charge in [0.05, 0.1) is 6.42 Å². The zero-order valence-electron chi connectivity index (χ0n) is 18.5. The Morgan fingerprint density at radius 3 is 2.07 bits per heavy atom. The molecule has 0 aromatic rings. The topological polar surface area (TPSA) is 116 Å². The second-order valence-corrected chi connectivity index (χ2v) is 8.51. The SMILES string of the molecule is CC(C)=CCCC(C)=CCCC(C)=CCSCC(NC(=O)NCCC(=O)O)C(=O)O. The largest absolute Gasteiger partial charge is 0.481 e. The molecule has 7 nitrogen and oxygen atoms in total. The number of rotatable bonds is 15. The van der Waals surface area contributed by atoms with Crippen LogP contribution in [0.1, 0.15) is 59.8 Å². The summed E-state index contributed by atoms with van der Waals surface area (Å²) in [4.78, 5) is 33.4. The van der Waals surface area contributed by atoms with E-state index >= 15 is 0 Å². The van der Waals surface area contributed by atoms with Crippen LogP contribution >= 0.6 is 11.8 Å². The highest BCUT2D eigenvalue weighted by Crippen LogP contribution is 2.13.